The van der Waals surface area contributed by atoms with Crippen molar-refractivity contribution >= 4 is 29.5 Å². The Bertz CT molecular complexity index is 1040. The van der Waals surface area contributed by atoms with Gasteiger partial charge in [-0.3, -0.25) is 9.79 Å². The molecule has 1 aliphatic rings. The standard InChI is InChI=1S/C26H31N3O4/c1-26(2,3)33-25(31)29-22(13-10-18-8-6-5-7-9-18)24(30)28-20-11-12-21(23(16-20)32-4)19-14-15-27-17-19/h5-9,11-12,14,16-17,22H,10,13,15H2,1-4H3,(H,28,30)(H,29,31)/t22-/m1/s1. The molecule has 1 atom stereocenters. The molecule has 0 bridgehead atoms. The molecule has 2 amide bonds. The second kappa shape index (κ2) is 10.8. The van der Waals surface area contributed by atoms with Crippen LogP contribution in [0.2, 0.25) is 0 Å². The maximum Gasteiger partial charge on any atom is 0.408 e. The molecule has 3 rings (SSSR count). The van der Waals surface area contributed by atoms with Gasteiger partial charge in [0, 0.05) is 29.1 Å². The van der Waals surface area contributed by atoms with Crippen molar-refractivity contribution in [2.45, 2.75) is 45.3 Å². The van der Waals surface area contributed by atoms with Gasteiger partial charge in [-0.15, -0.1) is 0 Å². The molecule has 2 aromatic carbocycles. The molecule has 174 valence electrons. The van der Waals surface area contributed by atoms with Gasteiger partial charge in [-0.1, -0.05) is 36.4 Å². The SMILES string of the molecule is COc1cc(NC(=O)[C@@H](CCc2ccccc2)NC(=O)OC(C)(C)C)ccc1C1=CCN=C1. The quantitative estimate of drug-likeness (QED) is 0.615. The van der Waals surface area contributed by atoms with Crippen LogP contribution in [0.25, 0.3) is 5.57 Å². The van der Waals surface area contributed by atoms with E-state index in [0.29, 0.717) is 30.8 Å². The van der Waals surface area contributed by atoms with Gasteiger partial charge >= 0.3 is 6.09 Å². The van der Waals surface area contributed by atoms with E-state index in [4.69, 9.17) is 9.47 Å². The number of anilines is 1. The maximum absolute atomic E-state index is 13.1. The molecule has 1 aliphatic heterocycles. The van der Waals surface area contributed by atoms with E-state index in [-0.39, 0.29) is 5.91 Å². The molecule has 0 unspecified atom stereocenters. The van der Waals surface area contributed by atoms with Gasteiger partial charge in [-0.25, -0.2) is 4.79 Å². The average molecular weight is 450 g/mol. The van der Waals surface area contributed by atoms with Gasteiger partial charge < -0.3 is 20.1 Å². The summed E-state index contributed by atoms with van der Waals surface area (Å²) in [6.07, 6.45) is 4.25. The summed E-state index contributed by atoms with van der Waals surface area (Å²) in [5.41, 5.74) is 2.89. The fourth-order valence-corrected chi connectivity index (χ4v) is 3.45. The maximum atomic E-state index is 13.1. The summed E-state index contributed by atoms with van der Waals surface area (Å²) in [5, 5.41) is 5.61. The van der Waals surface area contributed by atoms with Crippen LogP contribution in [0.1, 0.15) is 38.3 Å². The first-order valence-electron chi connectivity index (χ1n) is 11.0. The molecule has 0 fully saturated rings. The molecule has 7 heteroatoms. The third kappa shape index (κ3) is 7.20. The minimum absolute atomic E-state index is 0.326. The Hall–Kier alpha value is -3.61. The highest BCUT2D eigenvalue weighted by molar-refractivity contribution is 6.12. The van der Waals surface area contributed by atoms with E-state index in [9.17, 15) is 9.59 Å². The summed E-state index contributed by atoms with van der Waals surface area (Å²) in [6, 6.07) is 14.5. The average Bonchev–Trinajstić information content (AvgIpc) is 3.30. The van der Waals surface area contributed by atoms with Gasteiger partial charge in [-0.2, -0.15) is 0 Å². The molecule has 2 aromatic rings. The van der Waals surface area contributed by atoms with Crippen molar-refractivity contribution in [1.82, 2.24) is 5.32 Å². The van der Waals surface area contributed by atoms with E-state index in [1.54, 1.807) is 40.2 Å². The lowest BCUT2D eigenvalue weighted by Crippen LogP contribution is -2.46. The number of amides is 2. The van der Waals surface area contributed by atoms with Crippen LogP contribution in [-0.2, 0) is 16.0 Å². The molecule has 0 spiro atoms. The lowest BCUT2D eigenvalue weighted by molar-refractivity contribution is -0.118. The zero-order valence-corrected chi connectivity index (χ0v) is 19.6. The first kappa shape index (κ1) is 24.0. The number of aryl methyl sites for hydroxylation is 1. The van der Waals surface area contributed by atoms with E-state index in [1.165, 1.54) is 0 Å². The Balaban J connectivity index is 1.74. The van der Waals surface area contributed by atoms with Crippen molar-refractivity contribution < 1.29 is 19.1 Å². The van der Waals surface area contributed by atoms with Crippen LogP contribution in [0, 0.1) is 0 Å². The predicted octanol–water partition coefficient (Wildman–Crippen LogP) is 4.63. The first-order valence-corrected chi connectivity index (χ1v) is 11.0. The third-order valence-corrected chi connectivity index (χ3v) is 5.00. The number of hydrogen-bond donors (Lipinski definition) is 2. The Morgan fingerprint density at radius 2 is 1.88 bits per heavy atom. The van der Waals surface area contributed by atoms with Crippen LogP contribution >= 0.6 is 0 Å². The normalized spacial score (nSPS) is 13.8. The summed E-state index contributed by atoms with van der Waals surface area (Å²) in [7, 11) is 1.59. The van der Waals surface area contributed by atoms with Crippen LogP contribution < -0.4 is 15.4 Å². The number of aliphatic imine (C=N–C) groups is 1. The summed E-state index contributed by atoms with van der Waals surface area (Å²) in [6.45, 7) is 5.99. The van der Waals surface area contributed by atoms with E-state index in [0.717, 1.165) is 16.7 Å². The fraction of sp³-hybridized carbons (Fsp3) is 0.346. The van der Waals surface area contributed by atoms with Gasteiger partial charge in [0.2, 0.25) is 5.91 Å². The van der Waals surface area contributed by atoms with Crippen molar-refractivity contribution in [3.8, 4) is 5.75 Å². The zero-order chi connectivity index (χ0) is 23.8. The molecular weight excluding hydrogens is 418 g/mol. The van der Waals surface area contributed by atoms with E-state index in [2.05, 4.69) is 15.6 Å². The van der Waals surface area contributed by atoms with Crippen LogP contribution in [-0.4, -0.2) is 43.5 Å². The largest absolute Gasteiger partial charge is 0.496 e. The Morgan fingerprint density at radius 1 is 1.12 bits per heavy atom. The van der Waals surface area contributed by atoms with E-state index >= 15 is 0 Å². The van der Waals surface area contributed by atoms with Crippen LogP contribution in [0.5, 0.6) is 5.75 Å². The molecular formula is C26H31N3O4. The number of ether oxygens (including phenoxy) is 2. The molecule has 1 heterocycles. The van der Waals surface area contributed by atoms with Crippen molar-refractivity contribution in [2.75, 3.05) is 19.0 Å². The number of hydrogen-bond acceptors (Lipinski definition) is 5. The number of carbonyl (C=O) groups excluding carboxylic acids is 2. The number of allylic oxidation sites excluding steroid dienone is 1. The number of methoxy groups -OCH3 is 1. The minimum Gasteiger partial charge on any atom is -0.496 e. The molecule has 0 aliphatic carbocycles. The predicted molar refractivity (Wildman–Crippen MR) is 131 cm³/mol. The molecule has 0 aromatic heterocycles. The van der Waals surface area contributed by atoms with Gasteiger partial charge in [0.1, 0.15) is 17.4 Å². The van der Waals surface area contributed by atoms with Crippen molar-refractivity contribution in [3.63, 3.8) is 0 Å². The first-order chi connectivity index (χ1) is 15.7. The molecule has 2 N–H and O–H groups in total. The number of benzene rings is 2. The Kier molecular flexibility index (Phi) is 7.87. The van der Waals surface area contributed by atoms with Gasteiger partial charge in [0.25, 0.3) is 0 Å². The highest BCUT2D eigenvalue weighted by atomic mass is 16.6. The number of rotatable bonds is 8. The van der Waals surface area contributed by atoms with Gasteiger partial charge in [0.05, 0.1) is 13.7 Å². The van der Waals surface area contributed by atoms with E-state index in [1.807, 2.05) is 48.5 Å². The summed E-state index contributed by atoms with van der Waals surface area (Å²) in [5.74, 6) is 0.307. The highest BCUT2D eigenvalue weighted by Gasteiger charge is 2.25. The number of nitrogens with one attached hydrogen (secondary N) is 2. The van der Waals surface area contributed by atoms with Crippen LogP contribution in [0.15, 0.2) is 59.6 Å². The number of carbonyl (C=O) groups is 2. The van der Waals surface area contributed by atoms with Crippen molar-refractivity contribution in [2.24, 2.45) is 4.99 Å². The smallest absolute Gasteiger partial charge is 0.408 e. The summed E-state index contributed by atoms with van der Waals surface area (Å²) in [4.78, 5) is 29.7. The van der Waals surface area contributed by atoms with Crippen molar-refractivity contribution in [3.05, 3.63) is 65.7 Å². The Labute approximate surface area is 194 Å². The molecule has 0 radical (unpaired) electrons. The number of alkyl carbamates (subject to hydrolysis) is 1. The molecule has 33 heavy (non-hydrogen) atoms. The van der Waals surface area contributed by atoms with Gasteiger partial charge in [0.15, 0.2) is 0 Å². The lowest BCUT2D eigenvalue weighted by atomic mass is 10.0. The monoisotopic (exact) mass is 449 g/mol. The van der Waals surface area contributed by atoms with E-state index < -0.39 is 17.7 Å². The summed E-state index contributed by atoms with van der Waals surface area (Å²) < 4.78 is 10.9. The summed E-state index contributed by atoms with van der Waals surface area (Å²) >= 11 is 0. The van der Waals surface area contributed by atoms with Crippen molar-refractivity contribution in [1.29, 1.82) is 0 Å². The fourth-order valence-electron chi connectivity index (χ4n) is 3.45. The second-order valence-corrected chi connectivity index (χ2v) is 8.78. The molecule has 0 saturated carbocycles. The molecule has 0 saturated heterocycles. The minimum atomic E-state index is -0.768. The molecule has 7 nitrogen and oxygen atoms in total. The van der Waals surface area contributed by atoms with Gasteiger partial charge in [-0.05, 0) is 51.3 Å². The topological polar surface area (TPSA) is 89.0 Å². The third-order valence-electron chi connectivity index (χ3n) is 5.00. The highest BCUT2D eigenvalue weighted by Crippen LogP contribution is 2.29. The number of nitrogens with zero attached hydrogens (tertiary/aromatic N) is 1. The zero-order valence-electron chi connectivity index (χ0n) is 19.6. The van der Waals surface area contributed by atoms with Crippen LogP contribution in [0.4, 0.5) is 10.5 Å². The lowest BCUT2D eigenvalue weighted by Gasteiger charge is -2.23. The van der Waals surface area contributed by atoms with Crippen LogP contribution in [0.3, 0.4) is 0 Å². The second-order valence-electron chi connectivity index (χ2n) is 8.78. The Morgan fingerprint density at radius 3 is 2.52 bits per heavy atom.